The lowest BCUT2D eigenvalue weighted by Crippen LogP contribution is -2.43. The van der Waals surface area contributed by atoms with E-state index in [0.29, 0.717) is 0 Å². The first-order valence-corrected chi connectivity index (χ1v) is 8.24. The first kappa shape index (κ1) is 21.2. The van der Waals surface area contributed by atoms with E-state index in [2.05, 4.69) is 27.7 Å². The summed E-state index contributed by atoms with van der Waals surface area (Å²) in [4.78, 5) is 14.6. The Balaban J connectivity index is 0.00000144. The summed E-state index contributed by atoms with van der Waals surface area (Å²) in [5.41, 5.74) is 2.15. The number of ether oxygens (including phenoxy) is 1. The highest BCUT2D eigenvalue weighted by Gasteiger charge is 2.20. The number of carbonyl (C=O) groups excluding carboxylic acids is 1. The number of hydrogen-bond donors (Lipinski definition) is 2. The Hall–Kier alpha value is -0.850. The minimum Gasteiger partial charge on any atom is -0.379 e. The zero-order valence-corrected chi connectivity index (χ0v) is 15.5. The molecule has 0 saturated carbocycles. The zero-order chi connectivity index (χ0) is 15.2. The number of amides is 1. The van der Waals surface area contributed by atoms with E-state index >= 15 is 0 Å². The van der Waals surface area contributed by atoms with Crippen LogP contribution in [0.1, 0.15) is 24.8 Å². The second-order valence-corrected chi connectivity index (χ2v) is 6.08. The van der Waals surface area contributed by atoms with Crippen LogP contribution in [0.5, 0.6) is 0 Å². The molecule has 0 radical (unpaired) electrons. The van der Waals surface area contributed by atoms with Gasteiger partial charge < -0.3 is 15.4 Å². The van der Waals surface area contributed by atoms with Gasteiger partial charge in [0.2, 0.25) is 5.91 Å². The van der Waals surface area contributed by atoms with Crippen molar-refractivity contribution >= 4 is 36.4 Å². The van der Waals surface area contributed by atoms with Crippen molar-refractivity contribution in [3.63, 3.8) is 0 Å². The lowest BCUT2D eigenvalue weighted by molar-refractivity contribution is -0.118. The van der Waals surface area contributed by atoms with Crippen molar-refractivity contribution in [3.05, 3.63) is 29.8 Å². The lowest BCUT2D eigenvalue weighted by atomic mass is 10.0. The number of anilines is 1. The number of morpholine rings is 1. The Morgan fingerprint density at radius 1 is 1.17 bits per heavy atom. The molecule has 2 saturated heterocycles. The molecule has 0 spiro atoms. The Labute approximate surface area is 156 Å². The number of nitrogens with zero attached hydrogens (tertiary/aromatic N) is 1. The molecular weight excluding hydrogens is 349 g/mol. The van der Waals surface area contributed by atoms with Gasteiger partial charge in [-0.15, -0.1) is 24.8 Å². The van der Waals surface area contributed by atoms with Crippen molar-refractivity contribution in [2.75, 3.05) is 38.2 Å². The summed E-state index contributed by atoms with van der Waals surface area (Å²) in [7, 11) is 0. The van der Waals surface area contributed by atoms with Crippen LogP contribution < -0.4 is 10.6 Å². The first-order valence-electron chi connectivity index (χ1n) is 8.24. The summed E-state index contributed by atoms with van der Waals surface area (Å²) in [6, 6.07) is 8.15. The Kier molecular flexibility index (Phi) is 9.63. The third kappa shape index (κ3) is 6.22. The highest BCUT2D eigenvalue weighted by molar-refractivity contribution is 5.94. The Bertz CT molecular complexity index is 487. The summed E-state index contributed by atoms with van der Waals surface area (Å²) < 4.78 is 5.36. The Morgan fingerprint density at radius 2 is 1.88 bits per heavy atom. The summed E-state index contributed by atoms with van der Waals surface area (Å²) in [5, 5.41) is 6.28. The maximum Gasteiger partial charge on any atom is 0.241 e. The van der Waals surface area contributed by atoms with Gasteiger partial charge in [0, 0.05) is 25.3 Å². The molecule has 2 aliphatic heterocycles. The van der Waals surface area contributed by atoms with Gasteiger partial charge in [-0.2, -0.15) is 0 Å². The van der Waals surface area contributed by atoms with Gasteiger partial charge in [0.1, 0.15) is 0 Å². The van der Waals surface area contributed by atoms with E-state index in [0.717, 1.165) is 57.9 Å². The quantitative estimate of drug-likeness (QED) is 0.848. The highest BCUT2D eigenvalue weighted by Crippen LogP contribution is 2.14. The van der Waals surface area contributed by atoms with Gasteiger partial charge in [-0.3, -0.25) is 9.69 Å². The van der Waals surface area contributed by atoms with E-state index in [4.69, 9.17) is 4.74 Å². The van der Waals surface area contributed by atoms with Crippen molar-refractivity contribution in [1.82, 2.24) is 10.2 Å². The van der Waals surface area contributed by atoms with Gasteiger partial charge in [0.05, 0.1) is 19.3 Å². The number of nitrogens with one attached hydrogen (secondary N) is 2. The second-order valence-electron chi connectivity index (χ2n) is 6.08. The molecule has 2 fully saturated rings. The molecule has 3 rings (SSSR count). The van der Waals surface area contributed by atoms with Gasteiger partial charge in [0.15, 0.2) is 0 Å². The highest BCUT2D eigenvalue weighted by atomic mass is 35.5. The normalized spacial score (nSPS) is 21.2. The van der Waals surface area contributed by atoms with E-state index in [1.54, 1.807) is 0 Å². The summed E-state index contributed by atoms with van der Waals surface area (Å²) >= 11 is 0. The van der Waals surface area contributed by atoms with E-state index in [1.807, 2.05) is 12.1 Å². The molecule has 1 atom stereocenters. The summed E-state index contributed by atoms with van der Waals surface area (Å²) in [6.45, 7) is 5.51. The summed E-state index contributed by atoms with van der Waals surface area (Å²) in [6.07, 6.45) is 3.23. The van der Waals surface area contributed by atoms with Crippen molar-refractivity contribution in [2.45, 2.75) is 31.8 Å². The average molecular weight is 376 g/mol. The van der Waals surface area contributed by atoms with Crippen molar-refractivity contribution < 1.29 is 9.53 Å². The number of benzene rings is 1. The van der Waals surface area contributed by atoms with Crippen molar-refractivity contribution in [2.24, 2.45) is 0 Å². The number of piperidine rings is 1. The van der Waals surface area contributed by atoms with Crippen LogP contribution in [-0.4, -0.2) is 49.7 Å². The fourth-order valence-electron chi connectivity index (χ4n) is 3.02. The predicted octanol–water partition coefficient (Wildman–Crippen LogP) is 2.44. The van der Waals surface area contributed by atoms with Gasteiger partial charge >= 0.3 is 0 Å². The maximum atomic E-state index is 12.2. The van der Waals surface area contributed by atoms with E-state index < -0.39 is 0 Å². The number of carbonyl (C=O) groups is 1. The molecule has 5 nitrogen and oxygen atoms in total. The van der Waals surface area contributed by atoms with Crippen LogP contribution in [0.4, 0.5) is 5.69 Å². The molecule has 7 heteroatoms. The SMILES string of the molecule is Cl.Cl.O=C(Nc1ccc(CN2CCOCC2)cc1)[C@H]1CCCCN1. The Morgan fingerprint density at radius 3 is 2.50 bits per heavy atom. The molecule has 0 unspecified atom stereocenters. The topological polar surface area (TPSA) is 53.6 Å². The molecule has 0 aliphatic carbocycles. The van der Waals surface area contributed by atoms with Gasteiger partial charge in [-0.25, -0.2) is 0 Å². The maximum absolute atomic E-state index is 12.2. The second kappa shape index (κ2) is 10.9. The van der Waals surface area contributed by atoms with Crippen LogP contribution in [0.3, 0.4) is 0 Å². The molecular formula is C17H27Cl2N3O2. The van der Waals surface area contributed by atoms with Crippen LogP contribution in [0.15, 0.2) is 24.3 Å². The molecule has 24 heavy (non-hydrogen) atoms. The van der Waals surface area contributed by atoms with Crippen LogP contribution in [0.25, 0.3) is 0 Å². The standard InChI is InChI=1S/C17H25N3O2.2ClH/c21-17(16-3-1-2-8-18-16)19-15-6-4-14(5-7-15)13-20-9-11-22-12-10-20;;/h4-7,16,18H,1-3,8-13H2,(H,19,21);2*1H/t16-;;/m1../s1. The molecule has 2 N–H and O–H groups in total. The average Bonchev–Trinajstić information content (AvgIpc) is 2.58. The van der Waals surface area contributed by atoms with E-state index in [9.17, 15) is 4.79 Å². The molecule has 1 amide bonds. The molecule has 2 heterocycles. The molecule has 2 aliphatic rings. The number of hydrogen-bond acceptors (Lipinski definition) is 4. The van der Waals surface area contributed by atoms with Gasteiger partial charge in [-0.1, -0.05) is 18.6 Å². The van der Waals surface area contributed by atoms with E-state index in [1.165, 1.54) is 12.0 Å². The zero-order valence-electron chi connectivity index (χ0n) is 13.8. The largest absolute Gasteiger partial charge is 0.379 e. The first-order chi connectivity index (χ1) is 10.8. The monoisotopic (exact) mass is 375 g/mol. The van der Waals surface area contributed by atoms with Crippen LogP contribution in [0, 0.1) is 0 Å². The fourth-order valence-corrected chi connectivity index (χ4v) is 3.02. The molecule has 0 bridgehead atoms. The predicted molar refractivity (Wildman–Crippen MR) is 101 cm³/mol. The smallest absolute Gasteiger partial charge is 0.241 e. The third-order valence-electron chi connectivity index (χ3n) is 4.36. The van der Waals surface area contributed by atoms with Gasteiger partial charge in [0.25, 0.3) is 0 Å². The summed E-state index contributed by atoms with van der Waals surface area (Å²) in [5.74, 6) is 0.0839. The minimum atomic E-state index is -0.0400. The van der Waals surface area contributed by atoms with Gasteiger partial charge in [-0.05, 0) is 37.1 Å². The number of halogens is 2. The van der Waals surface area contributed by atoms with Crippen molar-refractivity contribution in [3.8, 4) is 0 Å². The molecule has 1 aromatic rings. The lowest BCUT2D eigenvalue weighted by Gasteiger charge is -2.26. The minimum absolute atomic E-state index is 0. The fraction of sp³-hybridized carbons (Fsp3) is 0.588. The third-order valence-corrected chi connectivity index (χ3v) is 4.36. The molecule has 0 aromatic heterocycles. The van der Waals surface area contributed by atoms with E-state index in [-0.39, 0.29) is 36.8 Å². The van der Waals surface area contributed by atoms with Crippen LogP contribution in [0.2, 0.25) is 0 Å². The van der Waals surface area contributed by atoms with Crippen LogP contribution in [-0.2, 0) is 16.1 Å². The molecule has 1 aromatic carbocycles. The van der Waals surface area contributed by atoms with Crippen LogP contribution >= 0.6 is 24.8 Å². The molecule has 136 valence electrons. The number of rotatable bonds is 4. The van der Waals surface area contributed by atoms with Crippen molar-refractivity contribution in [1.29, 1.82) is 0 Å².